The molecule has 0 radical (unpaired) electrons. The predicted octanol–water partition coefficient (Wildman–Crippen LogP) is 3.91. The first kappa shape index (κ1) is 18.4. The van der Waals surface area contributed by atoms with Gasteiger partial charge in [0.25, 0.3) is 5.91 Å². The van der Waals surface area contributed by atoms with Crippen molar-refractivity contribution >= 4 is 28.6 Å². The predicted molar refractivity (Wildman–Crippen MR) is 109 cm³/mol. The van der Waals surface area contributed by atoms with Gasteiger partial charge in [0.2, 0.25) is 0 Å². The zero-order valence-electron chi connectivity index (χ0n) is 15.9. The number of rotatable bonds is 4. The second-order valence-corrected chi connectivity index (χ2v) is 6.52. The summed E-state index contributed by atoms with van der Waals surface area (Å²) in [4.78, 5) is 28.3. The molecule has 0 saturated carbocycles. The molecular weight excluding hydrogens is 368 g/mol. The molecular formula is C22H18N4O3. The summed E-state index contributed by atoms with van der Waals surface area (Å²) in [5, 5.41) is 8.36. The number of aryl methyl sites for hydroxylation is 1. The molecule has 1 amide bonds. The molecule has 0 aliphatic heterocycles. The first-order valence-electron chi connectivity index (χ1n) is 9.02. The number of amides is 1. The van der Waals surface area contributed by atoms with Crippen LogP contribution in [0.15, 0.2) is 66.7 Å². The van der Waals surface area contributed by atoms with Gasteiger partial charge in [0.1, 0.15) is 11.6 Å². The lowest BCUT2D eigenvalue weighted by Gasteiger charge is -2.09. The summed E-state index contributed by atoms with van der Waals surface area (Å²) < 4.78 is 6.59. The molecule has 4 rings (SSSR count). The minimum atomic E-state index is -0.413. The molecule has 144 valence electrons. The van der Waals surface area contributed by atoms with E-state index in [-0.39, 0.29) is 5.91 Å². The van der Waals surface area contributed by atoms with Crippen molar-refractivity contribution in [2.75, 3.05) is 5.32 Å². The highest BCUT2D eigenvalue weighted by atomic mass is 16.5. The number of esters is 1. The van der Waals surface area contributed by atoms with Gasteiger partial charge in [0.15, 0.2) is 5.82 Å². The number of carbonyl (C=O) groups is 2. The highest BCUT2D eigenvalue weighted by Crippen LogP contribution is 2.20. The van der Waals surface area contributed by atoms with E-state index in [4.69, 9.17) is 4.74 Å². The quantitative estimate of drug-likeness (QED) is 0.425. The van der Waals surface area contributed by atoms with E-state index >= 15 is 0 Å². The number of pyridine rings is 1. The smallest absolute Gasteiger partial charge is 0.308 e. The third-order valence-electron chi connectivity index (χ3n) is 4.25. The lowest BCUT2D eigenvalue weighted by molar-refractivity contribution is -0.131. The van der Waals surface area contributed by atoms with E-state index in [0.717, 1.165) is 16.6 Å². The molecule has 2 aromatic heterocycles. The Hall–Kier alpha value is -4.00. The number of benzene rings is 2. The molecule has 0 saturated heterocycles. The largest absolute Gasteiger partial charge is 0.427 e. The van der Waals surface area contributed by atoms with Gasteiger partial charge in [-0.3, -0.25) is 9.59 Å². The molecule has 1 N–H and O–H groups in total. The number of hydrogen-bond acceptors (Lipinski definition) is 5. The molecule has 0 fully saturated rings. The van der Waals surface area contributed by atoms with E-state index in [1.807, 2.05) is 43.3 Å². The van der Waals surface area contributed by atoms with Gasteiger partial charge in [-0.05, 0) is 49.4 Å². The van der Waals surface area contributed by atoms with Crippen molar-refractivity contribution in [1.29, 1.82) is 0 Å². The van der Waals surface area contributed by atoms with Gasteiger partial charge in [-0.25, -0.2) is 4.98 Å². The molecule has 0 aliphatic carbocycles. The zero-order chi connectivity index (χ0) is 20.4. The van der Waals surface area contributed by atoms with Gasteiger partial charge < -0.3 is 10.1 Å². The zero-order valence-corrected chi connectivity index (χ0v) is 15.9. The Morgan fingerprint density at radius 3 is 2.52 bits per heavy atom. The number of ether oxygens (including phenoxy) is 1. The fraction of sp³-hybridized carbons (Fsp3) is 0.0909. The summed E-state index contributed by atoms with van der Waals surface area (Å²) >= 11 is 0. The monoisotopic (exact) mass is 386 g/mol. The molecule has 0 unspecified atom stereocenters. The molecule has 7 nitrogen and oxygen atoms in total. The number of fused-ring (bicyclic) bond motifs is 1. The van der Waals surface area contributed by atoms with Gasteiger partial charge in [-0.1, -0.05) is 18.2 Å². The maximum Gasteiger partial charge on any atom is 0.308 e. The fourth-order valence-electron chi connectivity index (χ4n) is 2.97. The van der Waals surface area contributed by atoms with Crippen LogP contribution in [0.25, 0.3) is 16.7 Å². The topological polar surface area (TPSA) is 86.1 Å². The van der Waals surface area contributed by atoms with E-state index < -0.39 is 5.97 Å². The van der Waals surface area contributed by atoms with E-state index in [1.165, 1.54) is 6.92 Å². The van der Waals surface area contributed by atoms with Crippen molar-refractivity contribution < 1.29 is 14.3 Å². The van der Waals surface area contributed by atoms with Crippen LogP contribution in [-0.2, 0) is 4.79 Å². The lowest BCUT2D eigenvalue weighted by atomic mass is 10.2. The number of hydrogen-bond donors (Lipinski definition) is 1. The van der Waals surface area contributed by atoms with E-state index in [1.54, 1.807) is 35.0 Å². The Kier molecular flexibility index (Phi) is 4.78. The van der Waals surface area contributed by atoms with Crippen LogP contribution in [-0.4, -0.2) is 26.6 Å². The minimum absolute atomic E-state index is 0.304. The number of para-hydroxylation sites is 1. The minimum Gasteiger partial charge on any atom is -0.427 e. The van der Waals surface area contributed by atoms with Crippen LogP contribution >= 0.6 is 0 Å². The van der Waals surface area contributed by atoms with Gasteiger partial charge in [0.05, 0.1) is 11.2 Å². The van der Waals surface area contributed by atoms with Gasteiger partial charge in [0, 0.05) is 23.9 Å². The molecule has 0 spiro atoms. The Bertz CT molecular complexity index is 1210. The number of aromatic nitrogens is 3. The highest BCUT2D eigenvalue weighted by Gasteiger charge is 2.14. The Morgan fingerprint density at radius 2 is 1.76 bits per heavy atom. The molecule has 4 aromatic rings. The third kappa shape index (κ3) is 3.98. The van der Waals surface area contributed by atoms with Crippen LogP contribution in [0, 0.1) is 6.92 Å². The van der Waals surface area contributed by atoms with Gasteiger partial charge in [-0.2, -0.15) is 9.78 Å². The Morgan fingerprint density at radius 1 is 1.00 bits per heavy atom. The summed E-state index contributed by atoms with van der Waals surface area (Å²) in [7, 11) is 0. The molecule has 0 bridgehead atoms. The summed E-state index contributed by atoms with van der Waals surface area (Å²) in [5.74, 6) is 0.790. The molecule has 0 aliphatic rings. The van der Waals surface area contributed by atoms with Gasteiger partial charge in [-0.15, -0.1) is 0 Å². The fourth-order valence-corrected chi connectivity index (χ4v) is 2.97. The molecule has 0 atom stereocenters. The average Bonchev–Trinajstić information content (AvgIpc) is 3.07. The van der Waals surface area contributed by atoms with E-state index in [2.05, 4.69) is 15.4 Å². The summed E-state index contributed by atoms with van der Waals surface area (Å²) in [6, 6.07) is 19.7. The molecule has 2 aromatic carbocycles. The Balaban J connectivity index is 1.61. The van der Waals surface area contributed by atoms with Crippen molar-refractivity contribution in [3.8, 4) is 11.6 Å². The van der Waals surface area contributed by atoms with Crippen molar-refractivity contribution in [2.45, 2.75) is 13.8 Å². The third-order valence-corrected chi connectivity index (χ3v) is 4.25. The van der Waals surface area contributed by atoms with Crippen LogP contribution in [0.5, 0.6) is 5.75 Å². The van der Waals surface area contributed by atoms with Crippen molar-refractivity contribution in [1.82, 2.24) is 14.8 Å². The van der Waals surface area contributed by atoms with Gasteiger partial charge >= 0.3 is 5.97 Å². The summed E-state index contributed by atoms with van der Waals surface area (Å²) in [6.45, 7) is 3.17. The van der Waals surface area contributed by atoms with E-state index in [9.17, 15) is 9.59 Å². The SMILES string of the molecule is CC(=O)Oc1ccc(C(=O)Nc2cc(C)nn2-c2ccc3ccccc3n2)cc1. The average molecular weight is 386 g/mol. The first-order valence-corrected chi connectivity index (χ1v) is 9.02. The van der Waals surface area contributed by atoms with Crippen LogP contribution < -0.4 is 10.1 Å². The van der Waals surface area contributed by atoms with Crippen LogP contribution in [0.2, 0.25) is 0 Å². The number of nitrogens with zero attached hydrogens (tertiary/aromatic N) is 3. The first-order chi connectivity index (χ1) is 14.0. The maximum absolute atomic E-state index is 12.7. The van der Waals surface area contributed by atoms with Crippen molar-refractivity contribution in [3.05, 3.63) is 78.0 Å². The van der Waals surface area contributed by atoms with Crippen molar-refractivity contribution in [2.24, 2.45) is 0 Å². The van der Waals surface area contributed by atoms with E-state index in [0.29, 0.717) is 22.9 Å². The number of nitrogens with one attached hydrogen (secondary N) is 1. The summed E-state index contributed by atoms with van der Waals surface area (Å²) in [6.07, 6.45) is 0. The van der Waals surface area contributed by atoms with Crippen LogP contribution in [0.1, 0.15) is 23.0 Å². The van der Waals surface area contributed by atoms with Crippen LogP contribution in [0.3, 0.4) is 0 Å². The molecule has 2 heterocycles. The highest BCUT2D eigenvalue weighted by molar-refractivity contribution is 6.04. The normalized spacial score (nSPS) is 10.7. The molecule has 29 heavy (non-hydrogen) atoms. The second-order valence-electron chi connectivity index (χ2n) is 6.52. The maximum atomic E-state index is 12.7. The van der Waals surface area contributed by atoms with Crippen molar-refractivity contribution in [3.63, 3.8) is 0 Å². The second kappa shape index (κ2) is 7.55. The van der Waals surface area contributed by atoms with Crippen LogP contribution in [0.4, 0.5) is 5.82 Å². The molecule has 7 heteroatoms. The number of carbonyl (C=O) groups excluding carboxylic acids is 2. The standard InChI is InChI=1S/C22H18N4O3/c1-14-13-21(24-22(28)17-7-10-18(11-8-17)29-15(2)27)26(25-14)20-12-9-16-5-3-4-6-19(16)23-20/h3-13H,1-2H3,(H,24,28). The number of anilines is 1. The lowest BCUT2D eigenvalue weighted by Crippen LogP contribution is -2.15. The Labute approximate surface area is 167 Å². The summed E-state index contributed by atoms with van der Waals surface area (Å²) in [5.41, 5.74) is 2.02.